The topological polar surface area (TPSA) is 84.5 Å². The molecule has 0 aliphatic heterocycles. The summed E-state index contributed by atoms with van der Waals surface area (Å²) >= 11 is 0. The molecule has 1 unspecified atom stereocenters. The molecule has 0 aliphatic carbocycles. The van der Waals surface area contributed by atoms with Gasteiger partial charge in [-0.2, -0.15) is 0 Å². The molecule has 0 saturated heterocycles. The van der Waals surface area contributed by atoms with E-state index in [2.05, 4.69) is 10.0 Å². The van der Waals surface area contributed by atoms with Crippen molar-refractivity contribution in [2.45, 2.75) is 32.1 Å². The Morgan fingerprint density at radius 1 is 1.19 bits per heavy atom. The number of amides is 1. The van der Waals surface area contributed by atoms with Crippen LogP contribution in [0.25, 0.3) is 0 Å². The van der Waals surface area contributed by atoms with Crippen molar-refractivity contribution >= 4 is 27.3 Å². The molecule has 0 fully saturated rings. The van der Waals surface area contributed by atoms with Gasteiger partial charge in [-0.25, -0.2) is 8.42 Å². The van der Waals surface area contributed by atoms with Gasteiger partial charge < -0.3 is 10.1 Å². The van der Waals surface area contributed by atoms with Crippen molar-refractivity contribution in [1.82, 2.24) is 0 Å². The Morgan fingerprint density at radius 3 is 2.54 bits per heavy atom. The molecule has 2 aromatic carbocycles. The quantitative estimate of drug-likeness (QED) is 0.770. The highest BCUT2D eigenvalue weighted by Gasteiger charge is 2.20. The summed E-state index contributed by atoms with van der Waals surface area (Å²) in [4.78, 5) is 12.2. The van der Waals surface area contributed by atoms with Gasteiger partial charge in [0.05, 0.1) is 17.7 Å². The fourth-order valence-electron chi connectivity index (χ4n) is 2.35. The minimum absolute atomic E-state index is 0.102. The number of hydrogen-bond donors (Lipinski definition) is 2. The second-order valence-corrected chi connectivity index (χ2v) is 7.74. The molecule has 6 nitrogen and oxygen atoms in total. The van der Waals surface area contributed by atoms with Gasteiger partial charge in [-0.3, -0.25) is 9.52 Å². The fourth-order valence-corrected chi connectivity index (χ4v) is 3.69. The first-order valence-electron chi connectivity index (χ1n) is 8.35. The van der Waals surface area contributed by atoms with Crippen LogP contribution in [0.15, 0.2) is 47.4 Å². The third-order valence-electron chi connectivity index (χ3n) is 4.16. The zero-order valence-electron chi connectivity index (χ0n) is 15.4. The third kappa shape index (κ3) is 4.54. The molecule has 0 radical (unpaired) electrons. The summed E-state index contributed by atoms with van der Waals surface area (Å²) in [6, 6.07) is 11.6. The molecule has 7 heteroatoms. The molecule has 140 valence electrons. The smallest absolute Gasteiger partial charge is 0.262 e. The first-order valence-corrected chi connectivity index (χ1v) is 9.84. The summed E-state index contributed by atoms with van der Waals surface area (Å²) in [7, 11) is -2.37. The normalized spacial score (nSPS) is 12.3. The average Bonchev–Trinajstić information content (AvgIpc) is 2.62. The lowest BCUT2D eigenvalue weighted by atomic mass is 10.1. The molecular formula is C19H24N2O4S. The van der Waals surface area contributed by atoms with Crippen molar-refractivity contribution in [2.24, 2.45) is 5.92 Å². The molecule has 1 atom stereocenters. The van der Waals surface area contributed by atoms with Crippen LogP contribution in [-0.4, -0.2) is 21.4 Å². The summed E-state index contributed by atoms with van der Waals surface area (Å²) in [5, 5.41) is 2.76. The Bertz CT molecular complexity index is 894. The Labute approximate surface area is 154 Å². The molecule has 2 aromatic rings. The minimum Gasteiger partial charge on any atom is -0.495 e. The number of hydrogen-bond acceptors (Lipinski definition) is 4. The Morgan fingerprint density at radius 2 is 1.88 bits per heavy atom. The largest absolute Gasteiger partial charge is 0.495 e. The van der Waals surface area contributed by atoms with Gasteiger partial charge in [-0.05, 0) is 43.2 Å². The minimum atomic E-state index is -3.84. The number of carbonyl (C=O) groups is 1. The maximum Gasteiger partial charge on any atom is 0.262 e. The van der Waals surface area contributed by atoms with E-state index in [1.807, 2.05) is 13.8 Å². The molecule has 26 heavy (non-hydrogen) atoms. The fraction of sp³-hybridized carbons (Fsp3) is 0.316. The Balaban J connectivity index is 2.34. The molecule has 1 amide bonds. The molecular weight excluding hydrogens is 352 g/mol. The van der Waals surface area contributed by atoms with Crippen molar-refractivity contribution in [2.75, 3.05) is 17.1 Å². The third-order valence-corrected chi connectivity index (χ3v) is 5.66. The molecule has 0 heterocycles. The standard InChI is InChI=1S/C19H24N2O4S/c1-5-13(2)19(22)20-15-11-10-14(3)18(12-15)26(23,24)21-16-8-6-7-9-17(16)25-4/h6-13,21H,5H2,1-4H3,(H,20,22). The van der Waals surface area contributed by atoms with E-state index in [0.29, 0.717) is 29.1 Å². The summed E-state index contributed by atoms with van der Waals surface area (Å²) in [5.74, 6) is 0.135. The van der Waals surface area contributed by atoms with E-state index in [4.69, 9.17) is 4.74 Å². The van der Waals surface area contributed by atoms with Crippen LogP contribution in [0.4, 0.5) is 11.4 Å². The molecule has 2 rings (SSSR count). The highest BCUT2D eigenvalue weighted by molar-refractivity contribution is 7.92. The van der Waals surface area contributed by atoms with E-state index in [1.165, 1.54) is 13.2 Å². The van der Waals surface area contributed by atoms with Crippen LogP contribution in [0.5, 0.6) is 5.75 Å². The Kier molecular flexibility index (Phi) is 6.26. The molecule has 0 aromatic heterocycles. The van der Waals surface area contributed by atoms with E-state index in [9.17, 15) is 13.2 Å². The van der Waals surface area contributed by atoms with E-state index < -0.39 is 10.0 Å². The molecule has 0 spiro atoms. The molecule has 2 N–H and O–H groups in total. The number of aryl methyl sites for hydroxylation is 1. The van der Waals surface area contributed by atoms with Crippen LogP contribution in [0.2, 0.25) is 0 Å². The average molecular weight is 376 g/mol. The number of ether oxygens (including phenoxy) is 1. The van der Waals surface area contributed by atoms with Crippen molar-refractivity contribution in [1.29, 1.82) is 0 Å². The maximum absolute atomic E-state index is 12.8. The predicted octanol–water partition coefficient (Wildman–Crippen LogP) is 3.79. The lowest BCUT2D eigenvalue weighted by Crippen LogP contribution is -2.20. The van der Waals surface area contributed by atoms with Gasteiger partial charge in [-0.15, -0.1) is 0 Å². The lowest BCUT2D eigenvalue weighted by molar-refractivity contribution is -0.119. The second-order valence-electron chi connectivity index (χ2n) is 6.08. The zero-order chi connectivity index (χ0) is 19.3. The molecule has 0 aliphatic rings. The van der Waals surface area contributed by atoms with Crippen LogP contribution in [0.3, 0.4) is 0 Å². The first kappa shape index (κ1) is 19.8. The van der Waals surface area contributed by atoms with E-state index in [0.717, 1.165) is 0 Å². The van der Waals surface area contributed by atoms with Crippen molar-refractivity contribution in [3.63, 3.8) is 0 Å². The van der Waals surface area contributed by atoms with E-state index in [1.54, 1.807) is 43.3 Å². The number of rotatable bonds is 7. The van der Waals surface area contributed by atoms with Crippen molar-refractivity contribution in [3.05, 3.63) is 48.0 Å². The maximum atomic E-state index is 12.8. The van der Waals surface area contributed by atoms with Gasteiger partial charge in [0.2, 0.25) is 5.91 Å². The highest BCUT2D eigenvalue weighted by Crippen LogP contribution is 2.28. The van der Waals surface area contributed by atoms with Gasteiger partial charge in [0.25, 0.3) is 10.0 Å². The van der Waals surface area contributed by atoms with Gasteiger partial charge in [0.15, 0.2) is 0 Å². The summed E-state index contributed by atoms with van der Waals surface area (Å²) in [6.07, 6.45) is 0.707. The first-order chi connectivity index (χ1) is 12.3. The number of anilines is 2. The lowest BCUT2D eigenvalue weighted by Gasteiger charge is -2.15. The van der Waals surface area contributed by atoms with E-state index in [-0.39, 0.29) is 16.7 Å². The van der Waals surface area contributed by atoms with Crippen LogP contribution in [0, 0.1) is 12.8 Å². The number of methoxy groups -OCH3 is 1. The number of carbonyl (C=O) groups excluding carboxylic acids is 1. The number of sulfonamides is 1. The number of nitrogens with one attached hydrogen (secondary N) is 2. The molecule has 0 saturated carbocycles. The van der Waals surface area contributed by atoms with Gasteiger partial charge in [-0.1, -0.05) is 32.0 Å². The van der Waals surface area contributed by atoms with Crippen LogP contribution in [0.1, 0.15) is 25.8 Å². The second kappa shape index (κ2) is 8.23. The number of benzene rings is 2. The summed E-state index contributed by atoms with van der Waals surface area (Å²) in [6.45, 7) is 5.45. The predicted molar refractivity (Wildman–Crippen MR) is 103 cm³/mol. The summed E-state index contributed by atoms with van der Waals surface area (Å²) in [5.41, 5.74) is 1.37. The zero-order valence-corrected chi connectivity index (χ0v) is 16.2. The SMILES string of the molecule is CCC(C)C(=O)Nc1ccc(C)c(S(=O)(=O)Nc2ccccc2OC)c1. The van der Waals surface area contributed by atoms with Crippen molar-refractivity contribution in [3.8, 4) is 5.75 Å². The molecule has 0 bridgehead atoms. The van der Waals surface area contributed by atoms with Crippen molar-refractivity contribution < 1.29 is 17.9 Å². The van der Waals surface area contributed by atoms with Crippen LogP contribution < -0.4 is 14.8 Å². The summed E-state index contributed by atoms with van der Waals surface area (Å²) < 4.78 is 33.4. The number of para-hydroxylation sites is 2. The van der Waals surface area contributed by atoms with E-state index >= 15 is 0 Å². The van der Waals surface area contributed by atoms with Crippen LogP contribution in [-0.2, 0) is 14.8 Å². The highest BCUT2D eigenvalue weighted by atomic mass is 32.2. The van der Waals surface area contributed by atoms with Gasteiger partial charge in [0.1, 0.15) is 5.75 Å². The monoisotopic (exact) mass is 376 g/mol. The Hall–Kier alpha value is -2.54. The van der Waals surface area contributed by atoms with Gasteiger partial charge in [0, 0.05) is 11.6 Å². The van der Waals surface area contributed by atoms with Crippen LogP contribution >= 0.6 is 0 Å². The van der Waals surface area contributed by atoms with Gasteiger partial charge >= 0.3 is 0 Å².